The number of para-hydroxylation sites is 1. The molecule has 2 N–H and O–H groups in total. The Morgan fingerprint density at radius 1 is 1.10 bits per heavy atom. The van der Waals surface area contributed by atoms with Crippen molar-refractivity contribution in [3.8, 4) is 11.5 Å². The van der Waals surface area contributed by atoms with Crippen LogP contribution in [0.15, 0.2) is 51.6 Å². The van der Waals surface area contributed by atoms with Gasteiger partial charge in [0.15, 0.2) is 17.3 Å². The highest BCUT2D eigenvalue weighted by Gasteiger charge is 2.39. The molecule has 0 spiro atoms. The van der Waals surface area contributed by atoms with Gasteiger partial charge < -0.3 is 20.1 Å². The van der Waals surface area contributed by atoms with Crippen LogP contribution in [0.1, 0.15) is 35.2 Å². The average molecular weight is 424 g/mol. The van der Waals surface area contributed by atoms with Gasteiger partial charge in [-0.05, 0) is 34.2 Å². The van der Waals surface area contributed by atoms with Crippen molar-refractivity contribution < 1.29 is 18.9 Å². The Labute approximate surface area is 176 Å². The van der Waals surface area contributed by atoms with Gasteiger partial charge in [-0.15, -0.1) is 11.3 Å². The van der Waals surface area contributed by atoms with Crippen molar-refractivity contribution >= 4 is 28.8 Å². The Morgan fingerprint density at radius 3 is 2.73 bits per heavy atom. The van der Waals surface area contributed by atoms with E-state index in [9.17, 15) is 4.79 Å². The summed E-state index contributed by atoms with van der Waals surface area (Å²) in [7, 11) is 3.18. The molecule has 8 nitrogen and oxygen atoms in total. The third-order valence-electron chi connectivity index (χ3n) is 5.53. The van der Waals surface area contributed by atoms with Gasteiger partial charge in [-0.2, -0.15) is 0 Å². The summed E-state index contributed by atoms with van der Waals surface area (Å²) in [6.45, 7) is 0. The van der Waals surface area contributed by atoms with Crippen LogP contribution >= 0.6 is 11.3 Å². The van der Waals surface area contributed by atoms with E-state index in [0.29, 0.717) is 41.5 Å². The van der Waals surface area contributed by atoms with Gasteiger partial charge in [0.25, 0.3) is 0 Å². The molecule has 9 heteroatoms. The summed E-state index contributed by atoms with van der Waals surface area (Å²) in [6.07, 6.45) is 1.14. The third-order valence-corrected chi connectivity index (χ3v) is 6.56. The molecule has 30 heavy (non-hydrogen) atoms. The number of thiophene rings is 1. The number of ketones is 1. The van der Waals surface area contributed by atoms with Gasteiger partial charge in [0.05, 0.1) is 20.3 Å². The number of carbonyl (C=O) groups excluding carboxylic acids is 1. The lowest BCUT2D eigenvalue weighted by atomic mass is 9.80. The fraction of sp³-hybridized carbons (Fsp3) is 0.286. The Morgan fingerprint density at radius 2 is 1.97 bits per heavy atom. The van der Waals surface area contributed by atoms with Gasteiger partial charge >= 0.3 is 0 Å². The number of aromatic nitrogens is 2. The monoisotopic (exact) mass is 424 g/mol. The molecule has 154 valence electrons. The molecule has 0 radical (unpaired) electrons. The molecular formula is C21H20N4O4S. The van der Waals surface area contributed by atoms with Crippen molar-refractivity contribution in [2.75, 3.05) is 24.9 Å². The number of carbonyl (C=O) groups is 1. The molecule has 0 bridgehead atoms. The van der Waals surface area contributed by atoms with Crippen LogP contribution < -0.4 is 20.1 Å². The van der Waals surface area contributed by atoms with Crippen molar-refractivity contribution in [2.24, 2.45) is 0 Å². The second kappa shape index (κ2) is 7.49. The molecule has 0 fully saturated rings. The van der Waals surface area contributed by atoms with Crippen LogP contribution in [-0.4, -0.2) is 30.3 Å². The molecule has 0 amide bonds. The first-order chi connectivity index (χ1) is 14.7. The summed E-state index contributed by atoms with van der Waals surface area (Å²) in [4.78, 5) is 14.6. The molecule has 1 aromatic carbocycles. The smallest absolute Gasteiger partial charge is 0.219 e. The molecule has 3 heterocycles. The summed E-state index contributed by atoms with van der Waals surface area (Å²) >= 11 is 1.67. The topological polar surface area (TPSA) is 98.5 Å². The number of hydrogen-bond donors (Lipinski definition) is 2. The van der Waals surface area contributed by atoms with E-state index in [4.69, 9.17) is 14.1 Å². The SMILES string of the molecule is COc1cccc(C2Nc3nonc3NC3=C2C(=O)CC(c2cccs2)C3)c1OC. The Bertz CT molecular complexity index is 1120. The quantitative estimate of drug-likeness (QED) is 0.645. The van der Waals surface area contributed by atoms with E-state index in [2.05, 4.69) is 27.0 Å². The van der Waals surface area contributed by atoms with E-state index in [-0.39, 0.29) is 11.7 Å². The number of methoxy groups -OCH3 is 2. The number of rotatable bonds is 4. The average Bonchev–Trinajstić information content (AvgIpc) is 3.42. The largest absolute Gasteiger partial charge is 0.493 e. The zero-order valence-electron chi connectivity index (χ0n) is 16.5. The lowest BCUT2D eigenvalue weighted by molar-refractivity contribution is -0.116. The maximum absolute atomic E-state index is 13.4. The number of fused-ring (bicyclic) bond motifs is 1. The summed E-state index contributed by atoms with van der Waals surface area (Å²) in [5.74, 6) is 2.27. The van der Waals surface area contributed by atoms with Crippen molar-refractivity contribution in [1.82, 2.24) is 10.3 Å². The third kappa shape index (κ3) is 3.02. The number of nitrogens with one attached hydrogen (secondary N) is 2. The summed E-state index contributed by atoms with van der Waals surface area (Å²) in [5, 5.41) is 16.6. The van der Waals surface area contributed by atoms with Crippen molar-refractivity contribution in [2.45, 2.75) is 24.8 Å². The molecular weight excluding hydrogens is 404 g/mol. The first kappa shape index (κ1) is 18.7. The molecule has 2 aromatic heterocycles. The minimum Gasteiger partial charge on any atom is -0.493 e. The van der Waals surface area contributed by atoms with Gasteiger partial charge in [-0.1, -0.05) is 18.2 Å². The number of hydrogen-bond acceptors (Lipinski definition) is 9. The zero-order chi connectivity index (χ0) is 20.7. The number of Topliss-reactive ketones (excluding diaryl/α,β-unsaturated/α-hetero) is 1. The molecule has 1 aliphatic heterocycles. The second-order valence-electron chi connectivity index (χ2n) is 7.18. The van der Waals surface area contributed by atoms with Gasteiger partial charge in [-0.3, -0.25) is 4.79 Å². The van der Waals surface area contributed by atoms with Crippen molar-refractivity contribution in [3.63, 3.8) is 0 Å². The van der Waals surface area contributed by atoms with Crippen LogP contribution in [0.2, 0.25) is 0 Å². The van der Waals surface area contributed by atoms with Crippen LogP contribution in [0.4, 0.5) is 11.6 Å². The number of anilines is 2. The van der Waals surface area contributed by atoms with Crippen LogP contribution in [0, 0.1) is 0 Å². The number of ether oxygens (including phenoxy) is 2. The maximum Gasteiger partial charge on any atom is 0.219 e. The molecule has 5 rings (SSSR count). The minimum absolute atomic E-state index is 0.0756. The summed E-state index contributed by atoms with van der Waals surface area (Å²) in [5.41, 5.74) is 2.26. The molecule has 1 aliphatic carbocycles. The lowest BCUT2D eigenvalue weighted by Gasteiger charge is -2.29. The first-order valence-corrected chi connectivity index (χ1v) is 10.4. The number of benzene rings is 1. The summed E-state index contributed by atoms with van der Waals surface area (Å²) in [6, 6.07) is 9.23. The highest BCUT2D eigenvalue weighted by atomic mass is 32.1. The molecule has 0 saturated heterocycles. The Kier molecular flexibility index (Phi) is 4.66. The van der Waals surface area contributed by atoms with Crippen LogP contribution in [-0.2, 0) is 4.79 Å². The van der Waals surface area contributed by atoms with Gasteiger partial charge in [0.2, 0.25) is 11.6 Å². The second-order valence-corrected chi connectivity index (χ2v) is 8.16. The van der Waals surface area contributed by atoms with E-state index >= 15 is 0 Å². The first-order valence-electron chi connectivity index (χ1n) is 9.56. The summed E-state index contributed by atoms with van der Waals surface area (Å²) < 4.78 is 16.0. The maximum atomic E-state index is 13.4. The van der Waals surface area contributed by atoms with Gasteiger partial charge in [0.1, 0.15) is 0 Å². The van der Waals surface area contributed by atoms with Crippen LogP contribution in [0.25, 0.3) is 0 Å². The van der Waals surface area contributed by atoms with E-state index in [1.54, 1.807) is 25.6 Å². The van der Waals surface area contributed by atoms with Crippen LogP contribution in [0.3, 0.4) is 0 Å². The predicted molar refractivity (Wildman–Crippen MR) is 112 cm³/mol. The van der Waals surface area contributed by atoms with E-state index in [1.165, 1.54) is 4.88 Å². The zero-order valence-corrected chi connectivity index (χ0v) is 17.3. The molecule has 3 aromatic rings. The minimum atomic E-state index is -0.484. The van der Waals surface area contributed by atoms with Crippen LogP contribution in [0.5, 0.6) is 11.5 Å². The lowest BCUT2D eigenvalue weighted by Crippen LogP contribution is -2.27. The predicted octanol–water partition coefficient (Wildman–Crippen LogP) is 4.13. The van der Waals surface area contributed by atoms with Crippen molar-refractivity contribution in [1.29, 1.82) is 0 Å². The fourth-order valence-electron chi connectivity index (χ4n) is 4.20. The van der Waals surface area contributed by atoms with E-state index in [0.717, 1.165) is 11.3 Å². The Balaban J connectivity index is 1.65. The van der Waals surface area contributed by atoms with E-state index < -0.39 is 6.04 Å². The normalized spacial score (nSPS) is 20.5. The highest BCUT2D eigenvalue weighted by molar-refractivity contribution is 7.10. The fourth-order valence-corrected chi connectivity index (χ4v) is 5.03. The molecule has 2 unspecified atom stereocenters. The molecule has 2 aliphatic rings. The number of allylic oxidation sites excluding steroid dienone is 1. The highest BCUT2D eigenvalue weighted by Crippen LogP contribution is 2.47. The van der Waals surface area contributed by atoms with Gasteiger partial charge in [-0.25, -0.2) is 4.63 Å². The van der Waals surface area contributed by atoms with E-state index in [1.807, 2.05) is 29.6 Å². The standard InChI is InChI=1S/C21H20N4O4S/c1-27-15-6-3-5-12(19(15)28-2)18-17-13(22-20-21(23-18)25-29-24-20)9-11(10-14(17)26)16-7-4-8-30-16/h3-8,11,18H,9-10H2,1-2H3,(H,22,24)(H,23,25). The van der Waals surface area contributed by atoms with Crippen molar-refractivity contribution in [3.05, 3.63) is 57.4 Å². The Hall–Kier alpha value is -3.33. The molecule has 2 atom stereocenters. The number of nitrogens with zero attached hydrogens (tertiary/aromatic N) is 2. The van der Waals surface area contributed by atoms with Gasteiger partial charge in [0, 0.05) is 34.0 Å². The molecule has 0 saturated carbocycles.